The van der Waals surface area contributed by atoms with Gasteiger partial charge < -0.3 is 0 Å². The van der Waals surface area contributed by atoms with E-state index in [-0.39, 0.29) is 17.4 Å². The highest BCUT2D eigenvalue weighted by atomic mass is 32.2. The summed E-state index contributed by atoms with van der Waals surface area (Å²) in [4.78, 5) is 14.4. The molecule has 106 valence electrons. The molecular formula is C10H9FN4O2S3. The normalized spacial score (nSPS) is 10.7. The van der Waals surface area contributed by atoms with Crippen LogP contribution in [0.15, 0.2) is 32.0 Å². The smallest absolute Gasteiger partial charge is 0.258 e. The Morgan fingerprint density at radius 1 is 1.40 bits per heavy atom. The molecule has 0 aliphatic carbocycles. The van der Waals surface area contributed by atoms with Crippen LogP contribution in [0.4, 0.5) is 10.1 Å². The number of rotatable bonds is 7. The van der Waals surface area contributed by atoms with Crippen molar-refractivity contribution in [2.24, 2.45) is 0 Å². The van der Waals surface area contributed by atoms with Gasteiger partial charge in [-0.1, -0.05) is 23.1 Å². The first-order valence-corrected chi connectivity index (χ1v) is 8.12. The minimum Gasteiger partial charge on any atom is -0.258 e. The molecule has 0 spiro atoms. The van der Waals surface area contributed by atoms with E-state index in [1.807, 2.05) is 0 Å². The monoisotopic (exact) mass is 332 g/mol. The maximum atomic E-state index is 12.0. The van der Waals surface area contributed by atoms with Gasteiger partial charge in [0.2, 0.25) is 0 Å². The summed E-state index contributed by atoms with van der Waals surface area (Å²) in [5, 5.41) is 19.1. The summed E-state index contributed by atoms with van der Waals surface area (Å²) in [6, 6.07) is 2.91. The predicted octanol–water partition coefficient (Wildman–Crippen LogP) is 3.44. The summed E-state index contributed by atoms with van der Waals surface area (Å²) in [6.45, 7) is -0.354. The Kier molecular flexibility index (Phi) is 5.68. The number of thioether (sulfide) groups is 1. The number of hydrogen-bond acceptors (Lipinski definition) is 8. The van der Waals surface area contributed by atoms with E-state index in [9.17, 15) is 14.5 Å². The maximum Gasteiger partial charge on any atom is 0.301 e. The molecule has 2 aromatic rings. The van der Waals surface area contributed by atoms with Crippen LogP contribution in [-0.2, 0) is 0 Å². The lowest BCUT2D eigenvalue weighted by atomic mass is 10.4. The Hall–Kier alpha value is -1.26. The van der Waals surface area contributed by atoms with Crippen LogP contribution >= 0.6 is 34.9 Å². The van der Waals surface area contributed by atoms with Gasteiger partial charge in [-0.05, 0) is 24.2 Å². The number of halogens is 1. The van der Waals surface area contributed by atoms with E-state index in [0.717, 1.165) is 16.1 Å². The third-order valence-corrected chi connectivity index (χ3v) is 5.22. The molecule has 0 aliphatic heterocycles. The van der Waals surface area contributed by atoms with E-state index in [1.54, 1.807) is 0 Å². The molecule has 0 N–H and O–H groups in total. The van der Waals surface area contributed by atoms with Gasteiger partial charge in [-0.2, -0.15) is 0 Å². The third kappa shape index (κ3) is 4.12. The number of alkyl halides is 1. The van der Waals surface area contributed by atoms with Crippen molar-refractivity contribution >= 4 is 40.5 Å². The second-order valence-corrected chi connectivity index (χ2v) is 6.97. The Labute approximate surface area is 126 Å². The summed E-state index contributed by atoms with van der Waals surface area (Å²) in [7, 11) is 0. The molecule has 10 heteroatoms. The van der Waals surface area contributed by atoms with Crippen molar-refractivity contribution in [2.75, 3.05) is 12.4 Å². The highest BCUT2D eigenvalue weighted by Gasteiger charge is 2.17. The van der Waals surface area contributed by atoms with Crippen LogP contribution in [0, 0.1) is 10.1 Å². The average Bonchev–Trinajstić information content (AvgIpc) is 2.87. The minimum absolute atomic E-state index is 0.0562. The second-order valence-electron chi connectivity index (χ2n) is 3.41. The Morgan fingerprint density at radius 2 is 2.20 bits per heavy atom. The lowest BCUT2D eigenvalue weighted by molar-refractivity contribution is -0.388. The molecule has 0 fully saturated rings. The van der Waals surface area contributed by atoms with Crippen molar-refractivity contribution in [3.8, 4) is 0 Å². The maximum absolute atomic E-state index is 12.0. The van der Waals surface area contributed by atoms with Crippen molar-refractivity contribution in [3.05, 3.63) is 28.4 Å². The molecule has 0 atom stereocenters. The quantitative estimate of drug-likeness (QED) is 0.332. The van der Waals surface area contributed by atoms with Crippen molar-refractivity contribution in [2.45, 2.75) is 20.1 Å². The highest BCUT2D eigenvalue weighted by Crippen LogP contribution is 2.36. The topological polar surface area (TPSA) is 81.8 Å². The van der Waals surface area contributed by atoms with Gasteiger partial charge in [-0.3, -0.25) is 14.5 Å². The highest BCUT2D eigenvalue weighted by molar-refractivity contribution is 8.03. The molecule has 2 rings (SSSR count). The number of pyridine rings is 1. The zero-order valence-electron chi connectivity index (χ0n) is 10.1. The zero-order chi connectivity index (χ0) is 14.4. The molecule has 6 nitrogen and oxygen atoms in total. The van der Waals surface area contributed by atoms with E-state index in [4.69, 9.17) is 0 Å². The van der Waals surface area contributed by atoms with E-state index < -0.39 is 4.92 Å². The molecular weight excluding hydrogens is 323 g/mol. The molecule has 0 saturated heterocycles. The first kappa shape index (κ1) is 15.1. The molecule has 0 aromatic carbocycles. The van der Waals surface area contributed by atoms with Crippen LogP contribution in [0.3, 0.4) is 0 Å². The predicted molar refractivity (Wildman–Crippen MR) is 76.2 cm³/mol. The molecule has 2 heterocycles. The Balaban J connectivity index is 2.05. The van der Waals surface area contributed by atoms with Crippen LogP contribution in [0.5, 0.6) is 0 Å². The van der Waals surface area contributed by atoms with Crippen LogP contribution < -0.4 is 0 Å². The van der Waals surface area contributed by atoms with Crippen LogP contribution in [0.25, 0.3) is 0 Å². The van der Waals surface area contributed by atoms with E-state index in [1.165, 1.54) is 41.4 Å². The standard InChI is InChI=1S/C10H9FN4O2S3/c11-4-2-6-18-9-13-14-10(20-9)19-8-7(15(16)17)3-1-5-12-8/h1,3,5H,2,4,6H2. The van der Waals surface area contributed by atoms with Crippen molar-refractivity contribution in [3.63, 3.8) is 0 Å². The fourth-order valence-corrected chi connectivity index (χ4v) is 4.16. The van der Waals surface area contributed by atoms with Gasteiger partial charge in [0, 0.05) is 18.0 Å². The molecule has 0 unspecified atom stereocenters. The van der Waals surface area contributed by atoms with E-state index >= 15 is 0 Å². The molecule has 0 bridgehead atoms. The average molecular weight is 332 g/mol. The summed E-state index contributed by atoms with van der Waals surface area (Å²) in [5.74, 6) is 0.638. The SMILES string of the molecule is O=[N+]([O-])c1cccnc1Sc1nnc(SCCCF)s1. The largest absolute Gasteiger partial charge is 0.301 e. The van der Waals surface area contributed by atoms with Gasteiger partial charge >= 0.3 is 5.69 Å². The van der Waals surface area contributed by atoms with Crippen LogP contribution in [-0.4, -0.2) is 32.5 Å². The number of nitro groups is 1. The molecule has 2 aromatic heterocycles. The summed E-state index contributed by atoms with van der Waals surface area (Å²) in [5.41, 5.74) is -0.0562. The van der Waals surface area contributed by atoms with Gasteiger partial charge in [-0.15, -0.1) is 10.2 Å². The minimum atomic E-state index is -0.479. The molecule has 20 heavy (non-hydrogen) atoms. The fraction of sp³-hybridized carbons (Fsp3) is 0.300. The summed E-state index contributed by atoms with van der Waals surface area (Å²) >= 11 is 3.85. The summed E-state index contributed by atoms with van der Waals surface area (Å²) in [6.07, 6.45) is 1.96. The third-order valence-electron chi connectivity index (χ3n) is 2.02. The first-order valence-electron chi connectivity index (χ1n) is 5.50. The zero-order valence-corrected chi connectivity index (χ0v) is 12.5. The summed E-state index contributed by atoms with van der Waals surface area (Å²) < 4.78 is 13.3. The Morgan fingerprint density at radius 3 is 2.95 bits per heavy atom. The number of aromatic nitrogens is 3. The Bertz CT molecular complexity index is 595. The second kappa shape index (κ2) is 7.50. The van der Waals surface area contributed by atoms with Gasteiger partial charge in [0.1, 0.15) is 0 Å². The van der Waals surface area contributed by atoms with Gasteiger partial charge in [-0.25, -0.2) is 4.98 Å². The number of nitrogens with zero attached hydrogens (tertiary/aromatic N) is 4. The van der Waals surface area contributed by atoms with Crippen molar-refractivity contribution in [1.29, 1.82) is 0 Å². The van der Waals surface area contributed by atoms with Crippen molar-refractivity contribution in [1.82, 2.24) is 15.2 Å². The van der Waals surface area contributed by atoms with E-state index in [2.05, 4.69) is 15.2 Å². The molecule has 0 aliphatic rings. The number of hydrogen-bond donors (Lipinski definition) is 0. The molecule has 0 radical (unpaired) electrons. The van der Waals surface area contributed by atoms with Gasteiger partial charge in [0.25, 0.3) is 0 Å². The van der Waals surface area contributed by atoms with Gasteiger partial charge in [0.05, 0.1) is 11.6 Å². The van der Waals surface area contributed by atoms with Crippen molar-refractivity contribution < 1.29 is 9.31 Å². The van der Waals surface area contributed by atoms with Gasteiger partial charge in [0.15, 0.2) is 13.7 Å². The first-order chi connectivity index (χ1) is 9.70. The van der Waals surface area contributed by atoms with Crippen LogP contribution in [0.1, 0.15) is 6.42 Å². The molecule has 0 saturated carbocycles. The molecule has 0 amide bonds. The fourth-order valence-electron chi connectivity index (χ4n) is 1.19. The lowest BCUT2D eigenvalue weighted by Gasteiger charge is -1.97. The van der Waals surface area contributed by atoms with Crippen LogP contribution in [0.2, 0.25) is 0 Å². The lowest BCUT2D eigenvalue weighted by Crippen LogP contribution is -1.92. The van der Waals surface area contributed by atoms with E-state index in [0.29, 0.717) is 16.5 Å².